The van der Waals surface area contributed by atoms with Gasteiger partial charge in [0, 0.05) is 30.1 Å². The molecule has 0 amide bonds. The SMILES string of the molecule is COc1cc2ncnc(Nc3cccc(Cl)c3F)c2cc1CN[C@@H](CN)C(=O)O. The van der Waals surface area contributed by atoms with Gasteiger partial charge in [0.25, 0.3) is 0 Å². The Hall–Kier alpha value is -3.01. The molecule has 0 aliphatic rings. The molecule has 29 heavy (non-hydrogen) atoms. The topological polar surface area (TPSA) is 122 Å². The van der Waals surface area contributed by atoms with Gasteiger partial charge in [-0.25, -0.2) is 14.4 Å². The number of nitrogens with one attached hydrogen (secondary N) is 2. The van der Waals surface area contributed by atoms with Crippen molar-refractivity contribution < 1.29 is 19.0 Å². The highest BCUT2D eigenvalue weighted by Crippen LogP contribution is 2.31. The van der Waals surface area contributed by atoms with Crippen molar-refractivity contribution in [3.8, 4) is 5.75 Å². The van der Waals surface area contributed by atoms with Crippen molar-refractivity contribution >= 4 is 40.0 Å². The Balaban J connectivity index is 1.99. The summed E-state index contributed by atoms with van der Waals surface area (Å²) in [6.07, 6.45) is 1.35. The van der Waals surface area contributed by atoms with Crippen LogP contribution in [0.15, 0.2) is 36.7 Å². The van der Waals surface area contributed by atoms with Crippen LogP contribution in [0.1, 0.15) is 5.56 Å². The van der Waals surface area contributed by atoms with Gasteiger partial charge in [-0.3, -0.25) is 10.1 Å². The van der Waals surface area contributed by atoms with E-state index in [0.29, 0.717) is 28.0 Å². The number of aliphatic carboxylic acids is 1. The van der Waals surface area contributed by atoms with Crippen molar-refractivity contribution in [3.05, 3.63) is 53.1 Å². The zero-order valence-corrected chi connectivity index (χ0v) is 16.2. The quantitative estimate of drug-likeness (QED) is 0.439. The third-order valence-electron chi connectivity index (χ3n) is 4.31. The second-order valence-electron chi connectivity index (χ2n) is 6.14. The number of hydrogen-bond donors (Lipinski definition) is 4. The Morgan fingerprint density at radius 2 is 2.17 bits per heavy atom. The number of fused-ring (bicyclic) bond motifs is 1. The summed E-state index contributed by atoms with van der Waals surface area (Å²) in [4.78, 5) is 19.6. The number of aromatic nitrogens is 2. The molecule has 1 aromatic heterocycles. The monoisotopic (exact) mass is 419 g/mol. The predicted octanol–water partition coefficient (Wildman–Crippen LogP) is 2.68. The van der Waals surface area contributed by atoms with E-state index < -0.39 is 17.8 Å². The third-order valence-corrected chi connectivity index (χ3v) is 4.61. The van der Waals surface area contributed by atoms with Crippen molar-refractivity contribution in [3.63, 3.8) is 0 Å². The molecule has 0 unspecified atom stereocenters. The van der Waals surface area contributed by atoms with E-state index in [1.54, 1.807) is 24.3 Å². The molecule has 0 bridgehead atoms. The van der Waals surface area contributed by atoms with Gasteiger partial charge in [-0.1, -0.05) is 17.7 Å². The van der Waals surface area contributed by atoms with Crippen LogP contribution in [0.5, 0.6) is 5.75 Å². The third kappa shape index (κ3) is 4.53. The second kappa shape index (κ2) is 8.99. The lowest BCUT2D eigenvalue weighted by molar-refractivity contribution is -0.139. The van der Waals surface area contributed by atoms with Gasteiger partial charge in [0.2, 0.25) is 0 Å². The molecular formula is C19H19ClFN5O3. The maximum Gasteiger partial charge on any atom is 0.322 e. The molecule has 0 radical (unpaired) electrons. The van der Waals surface area contributed by atoms with Crippen molar-refractivity contribution in [2.45, 2.75) is 12.6 Å². The van der Waals surface area contributed by atoms with Crippen molar-refractivity contribution in [1.29, 1.82) is 0 Å². The summed E-state index contributed by atoms with van der Waals surface area (Å²) in [6, 6.07) is 7.16. The number of benzene rings is 2. The van der Waals surface area contributed by atoms with Gasteiger partial charge in [0.15, 0.2) is 5.82 Å². The van der Waals surface area contributed by atoms with Crippen LogP contribution in [0.2, 0.25) is 5.02 Å². The molecular weight excluding hydrogens is 401 g/mol. The lowest BCUT2D eigenvalue weighted by atomic mass is 10.1. The van der Waals surface area contributed by atoms with E-state index in [-0.39, 0.29) is 23.8 Å². The van der Waals surface area contributed by atoms with Crippen LogP contribution in [0.25, 0.3) is 10.9 Å². The molecule has 1 heterocycles. The van der Waals surface area contributed by atoms with Crippen LogP contribution in [-0.4, -0.2) is 40.7 Å². The van der Waals surface area contributed by atoms with Crippen molar-refractivity contribution in [1.82, 2.24) is 15.3 Å². The van der Waals surface area contributed by atoms with Crippen molar-refractivity contribution in [2.75, 3.05) is 19.0 Å². The average Bonchev–Trinajstić information content (AvgIpc) is 2.71. The number of hydrogen-bond acceptors (Lipinski definition) is 7. The molecule has 10 heteroatoms. The molecule has 152 valence electrons. The number of nitrogens with two attached hydrogens (primary N) is 1. The fraction of sp³-hybridized carbons (Fsp3) is 0.211. The molecule has 0 spiro atoms. The highest BCUT2D eigenvalue weighted by molar-refractivity contribution is 6.31. The lowest BCUT2D eigenvalue weighted by Crippen LogP contribution is -2.42. The number of nitrogens with zero attached hydrogens (tertiary/aromatic N) is 2. The summed E-state index contributed by atoms with van der Waals surface area (Å²) in [6.45, 7) is 0.127. The van der Waals surface area contributed by atoms with E-state index in [0.717, 1.165) is 0 Å². The Bertz CT molecular complexity index is 1050. The first-order valence-electron chi connectivity index (χ1n) is 8.63. The van der Waals surface area contributed by atoms with E-state index in [1.807, 2.05) is 0 Å². The molecule has 5 N–H and O–H groups in total. The number of anilines is 2. The Morgan fingerprint density at radius 1 is 1.38 bits per heavy atom. The first-order chi connectivity index (χ1) is 13.9. The normalized spacial score (nSPS) is 12.0. The number of rotatable bonds is 8. The van der Waals surface area contributed by atoms with Crippen LogP contribution in [0, 0.1) is 5.82 Å². The maximum atomic E-state index is 14.3. The van der Waals surface area contributed by atoms with E-state index in [2.05, 4.69) is 20.6 Å². The molecule has 2 aromatic carbocycles. The number of ether oxygens (including phenoxy) is 1. The van der Waals surface area contributed by atoms with E-state index in [9.17, 15) is 9.18 Å². The Morgan fingerprint density at radius 3 is 2.86 bits per heavy atom. The summed E-state index contributed by atoms with van der Waals surface area (Å²) in [5.41, 5.74) is 6.89. The van der Waals surface area contributed by atoms with Crippen LogP contribution in [0.4, 0.5) is 15.9 Å². The molecule has 0 fully saturated rings. The molecule has 8 nitrogen and oxygen atoms in total. The summed E-state index contributed by atoms with van der Waals surface area (Å²) in [5, 5.41) is 15.5. The van der Waals surface area contributed by atoms with Gasteiger partial charge in [-0.05, 0) is 18.2 Å². The van der Waals surface area contributed by atoms with Gasteiger partial charge >= 0.3 is 5.97 Å². The number of carboxylic acid groups (broad SMARTS) is 1. The van der Waals surface area contributed by atoms with Crippen LogP contribution < -0.4 is 21.1 Å². The maximum absolute atomic E-state index is 14.3. The number of carboxylic acids is 1. The van der Waals surface area contributed by atoms with Gasteiger partial charge in [0.1, 0.15) is 23.9 Å². The van der Waals surface area contributed by atoms with Crippen molar-refractivity contribution in [2.24, 2.45) is 5.73 Å². The Labute approximate surface area is 170 Å². The van der Waals surface area contributed by atoms with Crippen LogP contribution in [0.3, 0.4) is 0 Å². The highest BCUT2D eigenvalue weighted by Gasteiger charge is 2.17. The molecule has 1 atom stereocenters. The fourth-order valence-electron chi connectivity index (χ4n) is 2.79. The van der Waals surface area contributed by atoms with Gasteiger partial charge < -0.3 is 20.9 Å². The zero-order valence-electron chi connectivity index (χ0n) is 15.4. The fourth-order valence-corrected chi connectivity index (χ4v) is 2.96. The first-order valence-corrected chi connectivity index (χ1v) is 9.01. The smallest absolute Gasteiger partial charge is 0.322 e. The molecule has 0 saturated carbocycles. The summed E-state index contributed by atoms with van der Waals surface area (Å²) >= 11 is 5.84. The minimum Gasteiger partial charge on any atom is -0.496 e. The van der Waals surface area contributed by atoms with E-state index in [1.165, 1.54) is 19.5 Å². The highest BCUT2D eigenvalue weighted by atomic mass is 35.5. The van der Waals surface area contributed by atoms with Crippen LogP contribution in [-0.2, 0) is 11.3 Å². The minimum atomic E-state index is -1.05. The number of methoxy groups -OCH3 is 1. The second-order valence-corrected chi connectivity index (χ2v) is 6.54. The average molecular weight is 420 g/mol. The largest absolute Gasteiger partial charge is 0.496 e. The lowest BCUT2D eigenvalue weighted by Gasteiger charge is -2.16. The van der Waals surface area contributed by atoms with Gasteiger partial charge in [-0.15, -0.1) is 0 Å². The van der Waals surface area contributed by atoms with Gasteiger partial charge in [-0.2, -0.15) is 0 Å². The van der Waals surface area contributed by atoms with Crippen LogP contribution >= 0.6 is 11.6 Å². The van der Waals surface area contributed by atoms with E-state index in [4.69, 9.17) is 27.2 Å². The first kappa shape index (κ1) is 20.7. The molecule has 3 aromatic rings. The number of carbonyl (C=O) groups is 1. The predicted molar refractivity (Wildman–Crippen MR) is 108 cm³/mol. The summed E-state index contributed by atoms with van der Waals surface area (Å²) < 4.78 is 19.7. The molecule has 0 aliphatic heterocycles. The molecule has 0 aliphatic carbocycles. The zero-order chi connectivity index (χ0) is 21.0. The standard InChI is InChI=1S/C19H19ClFN5O3/c1-29-16-6-14-11(5-10(16)8-23-15(7-22)19(27)28)18(25-9-24-14)26-13-4-2-3-12(20)17(13)21/h2-6,9,15,23H,7-8,22H2,1H3,(H,27,28)(H,24,25,26)/t15-/m0/s1. The number of halogens is 2. The van der Waals surface area contributed by atoms with E-state index >= 15 is 0 Å². The molecule has 3 rings (SSSR count). The minimum absolute atomic E-state index is 0.0126. The molecule has 0 saturated heterocycles. The van der Waals surface area contributed by atoms with Gasteiger partial charge in [0.05, 0.1) is 23.3 Å². The Kier molecular flexibility index (Phi) is 6.42. The summed E-state index contributed by atoms with van der Waals surface area (Å²) in [7, 11) is 1.50. The summed E-state index contributed by atoms with van der Waals surface area (Å²) in [5.74, 6) is -0.753.